The molecule has 8 heteroatoms. The zero-order valence-corrected chi connectivity index (χ0v) is 17.2. The average molecular weight is 410 g/mol. The SMILES string of the molecule is CC(CCc1cccc(F)c1)NCC(O)c1ccc(N(C)C)c(S(N)(=O)=O)c1. The third kappa shape index (κ3) is 6.27. The molecule has 0 aliphatic heterocycles. The minimum absolute atomic E-state index is 0.0202. The molecule has 0 aromatic heterocycles. The van der Waals surface area contributed by atoms with Gasteiger partial charge in [0.2, 0.25) is 10.0 Å². The van der Waals surface area contributed by atoms with Crippen LogP contribution in [0.5, 0.6) is 0 Å². The second-order valence-electron chi connectivity index (χ2n) is 7.16. The van der Waals surface area contributed by atoms with E-state index in [1.54, 1.807) is 37.2 Å². The number of sulfonamides is 1. The molecule has 0 fully saturated rings. The fourth-order valence-corrected chi connectivity index (χ4v) is 3.79. The zero-order chi connectivity index (χ0) is 20.9. The van der Waals surface area contributed by atoms with Crippen LogP contribution in [0.15, 0.2) is 47.4 Å². The highest BCUT2D eigenvalue weighted by Gasteiger charge is 2.19. The Kier molecular flexibility index (Phi) is 7.54. The number of halogens is 1. The summed E-state index contributed by atoms with van der Waals surface area (Å²) in [4.78, 5) is 1.64. The Balaban J connectivity index is 1.97. The molecule has 2 unspecified atom stereocenters. The number of hydrogen-bond donors (Lipinski definition) is 3. The van der Waals surface area contributed by atoms with Crippen LogP contribution < -0.4 is 15.4 Å². The van der Waals surface area contributed by atoms with Gasteiger partial charge in [-0.05, 0) is 55.2 Å². The van der Waals surface area contributed by atoms with Gasteiger partial charge >= 0.3 is 0 Å². The van der Waals surface area contributed by atoms with Crippen LogP contribution in [-0.4, -0.2) is 40.2 Å². The predicted octanol–water partition coefficient (Wildman–Crippen LogP) is 2.18. The van der Waals surface area contributed by atoms with Crippen LogP contribution in [0.1, 0.15) is 30.6 Å². The first-order chi connectivity index (χ1) is 13.1. The third-order valence-electron chi connectivity index (χ3n) is 4.57. The van der Waals surface area contributed by atoms with E-state index in [0.717, 1.165) is 18.4 Å². The number of anilines is 1. The topological polar surface area (TPSA) is 95.7 Å². The molecule has 0 saturated carbocycles. The van der Waals surface area contributed by atoms with E-state index in [1.807, 2.05) is 13.0 Å². The number of aliphatic hydroxyl groups excluding tert-OH is 1. The maximum Gasteiger partial charge on any atom is 0.240 e. The minimum atomic E-state index is -3.91. The molecule has 0 radical (unpaired) electrons. The second kappa shape index (κ2) is 9.47. The number of hydrogen-bond acceptors (Lipinski definition) is 5. The number of rotatable bonds is 9. The molecule has 0 bridgehead atoms. The van der Waals surface area contributed by atoms with Crippen molar-refractivity contribution in [2.45, 2.75) is 36.8 Å². The van der Waals surface area contributed by atoms with E-state index in [-0.39, 0.29) is 23.3 Å². The Morgan fingerprint density at radius 3 is 2.54 bits per heavy atom. The highest BCUT2D eigenvalue weighted by atomic mass is 32.2. The Morgan fingerprint density at radius 1 is 1.21 bits per heavy atom. The largest absolute Gasteiger partial charge is 0.387 e. The molecule has 0 spiro atoms. The summed E-state index contributed by atoms with van der Waals surface area (Å²) in [5, 5.41) is 19.0. The number of aryl methyl sites for hydroxylation is 1. The van der Waals surface area contributed by atoms with Gasteiger partial charge in [0.1, 0.15) is 10.7 Å². The van der Waals surface area contributed by atoms with Crippen molar-refractivity contribution in [3.63, 3.8) is 0 Å². The molecule has 2 aromatic rings. The molecule has 6 nitrogen and oxygen atoms in total. The number of nitrogens with zero attached hydrogens (tertiary/aromatic N) is 1. The Morgan fingerprint density at radius 2 is 1.93 bits per heavy atom. The Labute approximate surface area is 166 Å². The van der Waals surface area contributed by atoms with Crippen LogP contribution in [-0.2, 0) is 16.4 Å². The van der Waals surface area contributed by atoms with Crippen molar-refractivity contribution in [3.05, 3.63) is 59.4 Å². The maximum atomic E-state index is 13.2. The molecule has 0 aliphatic carbocycles. The van der Waals surface area contributed by atoms with Crippen molar-refractivity contribution in [3.8, 4) is 0 Å². The van der Waals surface area contributed by atoms with Crippen molar-refractivity contribution in [2.24, 2.45) is 5.14 Å². The lowest BCUT2D eigenvalue weighted by Crippen LogP contribution is -2.31. The van der Waals surface area contributed by atoms with E-state index in [1.165, 1.54) is 18.2 Å². The van der Waals surface area contributed by atoms with Crippen LogP contribution in [0.3, 0.4) is 0 Å². The van der Waals surface area contributed by atoms with Gasteiger partial charge in [-0.15, -0.1) is 0 Å². The Bertz CT molecular complexity index is 903. The van der Waals surface area contributed by atoms with Crippen molar-refractivity contribution in [1.29, 1.82) is 0 Å². The lowest BCUT2D eigenvalue weighted by Gasteiger charge is -2.20. The van der Waals surface area contributed by atoms with Crippen molar-refractivity contribution >= 4 is 15.7 Å². The van der Waals surface area contributed by atoms with Gasteiger partial charge in [0, 0.05) is 26.7 Å². The monoisotopic (exact) mass is 409 g/mol. The number of benzene rings is 2. The van der Waals surface area contributed by atoms with Gasteiger partial charge in [-0.3, -0.25) is 0 Å². The summed E-state index contributed by atoms with van der Waals surface area (Å²) in [6, 6.07) is 11.3. The van der Waals surface area contributed by atoms with Crippen LogP contribution >= 0.6 is 0 Å². The summed E-state index contributed by atoms with van der Waals surface area (Å²) < 4.78 is 37.0. The summed E-state index contributed by atoms with van der Waals surface area (Å²) in [6.45, 7) is 2.24. The Hall–Kier alpha value is -2.00. The molecule has 0 amide bonds. The zero-order valence-electron chi connectivity index (χ0n) is 16.4. The van der Waals surface area contributed by atoms with Gasteiger partial charge in [0.25, 0.3) is 0 Å². The smallest absolute Gasteiger partial charge is 0.240 e. The third-order valence-corrected chi connectivity index (χ3v) is 5.51. The molecule has 0 saturated heterocycles. The minimum Gasteiger partial charge on any atom is -0.387 e. The van der Waals surface area contributed by atoms with Crippen molar-refractivity contribution < 1.29 is 17.9 Å². The van der Waals surface area contributed by atoms with Gasteiger partial charge in [0.15, 0.2) is 0 Å². The van der Waals surface area contributed by atoms with Crippen LogP contribution in [0, 0.1) is 5.82 Å². The number of nitrogens with two attached hydrogens (primary N) is 1. The molecule has 0 aliphatic rings. The predicted molar refractivity (Wildman–Crippen MR) is 109 cm³/mol. The standard InChI is InChI=1S/C20H28FN3O3S/c1-14(7-8-15-5-4-6-17(21)11-15)23-13-19(25)16-9-10-18(24(2)3)20(12-16)28(22,26)27/h4-6,9-12,14,19,23,25H,7-8,13H2,1-3H3,(H2,22,26,27). The molecule has 2 rings (SSSR count). The first-order valence-electron chi connectivity index (χ1n) is 9.08. The normalized spacial score (nSPS) is 13.9. The van der Waals surface area contributed by atoms with Crippen LogP contribution in [0.25, 0.3) is 0 Å². The lowest BCUT2D eigenvalue weighted by atomic mass is 10.0. The van der Waals surface area contributed by atoms with Gasteiger partial charge in [0.05, 0.1) is 11.8 Å². The molecule has 154 valence electrons. The number of primary sulfonamides is 1. The van der Waals surface area contributed by atoms with E-state index in [9.17, 15) is 17.9 Å². The van der Waals surface area contributed by atoms with E-state index in [0.29, 0.717) is 11.3 Å². The molecule has 2 aromatic carbocycles. The highest BCUT2D eigenvalue weighted by molar-refractivity contribution is 7.89. The van der Waals surface area contributed by atoms with Gasteiger partial charge in [-0.2, -0.15) is 0 Å². The molecule has 0 heterocycles. The molecular formula is C20H28FN3O3S. The fourth-order valence-electron chi connectivity index (χ4n) is 2.94. The van der Waals surface area contributed by atoms with Crippen molar-refractivity contribution in [2.75, 3.05) is 25.5 Å². The summed E-state index contributed by atoms with van der Waals surface area (Å²) in [6.07, 6.45) is 0.612. The lowest BCUT2D eigenvalue weighted by molar-refractivity contribution is 0.170. The van der Waals surface area contributed by atoms with E-state index in [4.69, 9.17) is 5.14 Å². The van der Waals surface area contributed by atoms with E-state index < -0.39 is 16.1 Å². The van der Waals surface area contributed by atoms with Gasteiger partial charge in [-0.25, -0.2) is 17.9 Å². The molecular weight excluding hydrogens is 381 g/mol. The maximum absolute atomic E-state index is 13.2. The molecule has 4 N–H and O–H groups in total. The van der Waals surface area contributed by atoms with Crippen LogP contribution in [0.2, 0.25) is 0 Å². The fraction of sp³-hybridized carbons (Fsp3) is 0.400. The second-order valence-corrected chi connectivity index (χ2v) is 8.69. The van der Waals surface area contributed by atoms with Crippen molar-refractivity contribution in [1.82, 2.24) is 5.32 Å². The summed E-state index contributed by atoms with van der Waals surface area (Å²) in [7, 11) is -0.464. The molecule has 2 atom stereocenters. The quantitative estimate of drug-likeness (QED) is 0.590. The average Bonchev–Trinajstić information content (AvgIpc) is 2.63. The first-order valence-corrected chi connectivity index (χ1v) is 10.6. The summed E-state index contributed by atoms with van der Waals surface area (Å²) in [5.41, 5.74) is 1.86. The number of aliphatic hydroxyl groups is 1. The van der Waals surface area contributed by atoms with Crippen LogP contribution in [0.4, 0.5) is 10.1 Å². The molecule has 28 heavy (non-hydrogen) atoms. The summed E-state index contributed by atoms with van der Waals surface area (Å²) >= 11 is 0. The summed E-state index contributed by atoms with van der Waals surface area (Å²) in [5.74, 6) is -0.250. The highest BCUT2D eigenvalue weighted by Crippen LogP contribution is 2.26. The number of nitrogens with one attached hydrogen (secondary N) is 1. The van der Waals surface area contributed by atoms with Gasteiger partial charge < -0.3 is 15.3 Å². The van der Waals surface area contributed by atoms with E-state index in [2.05, 4.69) is 5.32 Å². The van der Waals surface area contributed by atoms with E-state index >= 15 is 0 Å². The van der Waals surface area contributed by atoms with Gasteiger partial charge in [-0.1, -0.05) is 18.2 Å². The first kappa shape index (κ1) is 22.3.